The van der Waals surface area contributed by atoms with Gasteiger partial charge in [0.05, 0.1) is 19.7 Å². The van der Waals surface area contributed by atoms with E-state index in [1.807, 2.05) is 4.90 Å². The smallest absolute Gasteiger partial charge is 0.237 e. The van der Waals surface area contributed by atoms with E-state index in [9.17, 15) is 9.59 Å². The molecule has 0 radical (unpaired) electrons. The summed E-state index contributed by atoms with van der Waals surface area (Å²) in [4.78, 5) is 26.0. The molecule has 1 aliphatic rings. The molecule has 1 heterocycles. The molecular formula is C15H20N2O3. The number of amides is 1. The second kappa shape index (κ2) is 6.52. The Morgan fingerprint density at radius 3 is 2.95 bits per heavy atom. The van der Waals surface area contributed by atoms with Gasteiger partial charge in [0.15, 0.2) is 5.78 Å². The van der Waals surface area contributed by atoms with Crippen molar-refractivity contribution >= 4 is 11.7 Å². The van der Waals surface area contributed by atoms with Crippen molar-refractivity contribution in [3.63, 3.8) is 0 Å². The molecule has 1 unspecified atom stereocenters. The maximum Gasteiger partial charge on any atom is 0.237 e. The fourth-order valence-corrected chi connectivity index (χ4v) is 2.55. The molecule has 20 heavy (non-hydrogen) atoms. The predicted octanol–water partition coefficient (Wildman–Crippen LogP) is 1.09. The minimum atomic E-state index is -0.186. The Morgan fingerprint density at radius 1 is 1.45 bits per heavy atom. The maximum atomic E-state index is 12.3. The van der Waals surface area contributed by atoms with Crippen molar-refractivity contribution in [2.75, 3.05) is 27.2 Å². The van der Waals surface area contributed by atoms with Gasteiger partial charge in [-0.25, -0.2) is 0 Å². The van der Waals surface area contributed by atoms with E-state index in [1.165, 1.54) is 0 Å². The maximum absolute atomic E-state index is 12.3. The van der Waals surface area contributed by atoms with Gasteiger partial charge in [-0.15, -0.1) is 0 Å². The number of Topliss-reactive ketones (excluding diaryl/α,β-unsaturated/α-hetero) is 1. The number of ether oxygens (including phenoxy) is 1. The summed E-state index contributed by atoms with van der Waals surface area (Å²) in [5, 5.41) is 2.66. The number of rotatable bonds is 5. The lowest BCUT2D eigenvalue weighted by atomic mass is 10.1. The number of carbonyl (C=O) groups is 2. The molecule has 2 rings (SSSR count). The Morgan fingerprint density at radius 2 is 2.25 bits per heavy atom. The lowest BCUT2D eigenvalue weighted by Crippen LogP contribution is -2.44. The van der Waals surface area contributed by atoms with E-state index in [-0.39, 0.29) is 24.3 Å². The first-order valence-electron chi connectivity index (χ1n) is 6.78. The van der Waals surface area contributed by atoms with Gasteiger partial charge in [0.25, 0.3) is 0 Å². The highest BCUT2D eigenvalue weighted by Gasteiger charge is 2.31. The molecule has 0 bridgehead atoms. The molecule has 0 saturated carbocycles. The van der Waals surface area contributed by atoms with E-state index in [2.05, 4.69) is 5.32 Å². The van der Waals surface area contributed by atoms with Crippen molar-refractivity contribution in [3.05, 3.63) is 29.8 Å². The zero-order valence-electron chi connectivity index (χ0n) is 11.9. The van der Waals surface area contributed by atoms with Gasteiger partial charge in [-0.3, -0.25) is 14.5 Å². The summed E-state index contributed by atoms with van der Waals surface area (Å²) in [6, 6.07) is 6.92. The fraction of sp³-hybridized carbons (Fsp3) is 0.467. The average molecular weight is 276 g/mol. The highest BCUT2D eigenvalue weighted by molar-refractivity contribution is 5.98. The van der Waals surface area contributed by atoms with Crippen molar-refractivity contribution in [2.24, 2.45) is 0 Å². The van der Waals surface area contributed by atoms with Crippen molar-refractivity contribution in [2.45, 2.75) is 18.9 Å². The number of ketones is 1. The molecule has 1 aromatic carbocycles. The van der Waals surface area contributed by atoms with Crippen LogP contribution in [0.2, 0.25) is 0 Å². The lowest BCUT2D eigenvalue weighted by molar-refractivity contribution is -0.124. The van der Waals surface area contributed by atoms with Gasteiger partial charge < -0.3 is 10.1 Å². The van der Waals surface area contributed by atoms with Crippen LogP contribution in [0, 0.1) is 0 Å². The topological polar surface area (TPSA) is 58.6 Å². The predicted molar refractivity (Wildman–Crippen MR) is 76.0 cm³/mol. The van der Waals surface area contributed by atoms with Crippen molar-refractivity contribution in [3.8, 4) is 5.75 Å². The van der Waals surface area contributed by atoms with Crippen molar-refractivity contribution in [1.29, 1.82) is 0 Å². The highest BCUT2D eigenvalue weighted by atomic mass is 16.5. The molecule has 5 heteroatoms. The number of nitrogens with zero attached hydrogens (tertiary/aromatic N) is 1. The molecule has 1 aromatic rings. The first kappa shape index (κ1) is 14.5. The third-order valence-corrected chi connectivity index (χ3v) is 3.65. The molecular weight excluding hydrogens is 256 g/mol. The molecule has 0 aromatic heterocycles. The first-order valence-corrected chi connectivity index (χ1v) is 6.78. The van der Waals surface area contributed by atoms with Gasteiger partial charge in [-0.2, -0.15) is 0 Å². The molecule has 108 valence electrons. The molecule has 1 saturated heterocycles. The number of carbonyl (C=O) groups excluding carboxylic acids is 2. The van der Waals surface area contributed by atoms with Crippen molar-refractivity contribution < 1.29 is 14.3 Å². The third kappa shape index (κ3) is 3.17. The summed E-state index contributed by atoms with van der Waals surface area (Å²) in [6.45, 7) is 1.05. The van der Waals surface area contributed by atoms with Crippen LogP contribution in [-0.2, 0) is 4.79 Å². The van der Waals surface area contributed by atoms with E-state index < -0.39 is 0 Å². The lowest BCUT2D eigenvalue weighted by Gasteiger charge is -2.22. The molecule has 0 spiro atoms. The quantitative estimate of drug-likeness (QED) is 0.818. The van der Waals surface area contributed by atoms with E-state index >= 15 is 0 Å². The standard InChI is InChI=1S/C15H20N2O3/c1-16-15(19)13-7-4-8-17(13)10-14(18)11-5-3-6-12(9-11)20-2/h3,5-6,9,13H,4,7-8,10H2,1-2H3,(H,16,19). The largest absolute Gasteiger partial charge is 0.497 e. The van der Waals surface area contributed by atoms with Crippen LogP contribution in [0.3, 0.4) is 0 Å². The van der Waals surface area contributed by atoms with Crippen LogP contribution in [0.1, 0.15) is 23.2 Å². The van der Waals surface area contributed by atoms with Gasteiger partial charge in [-0.05, 0) is 31.5 Å². The summed E-state index contributed by atoms with van der Waals surface area (Å²) >= 11 is 0. The molecule has 5 nitrogen and oxygen atoms in total. The molecule has 1 N–H and O–H groups in total. The number of hydrogen-bond donors (Lipinski definition) is 1. The normalized spacial score (nSPS) is 18.8. The first-order chi connectivity index (χ1) is 9.65. The number of likely N-dealkylation sites (N-methyl/N-ethyl adjacent to an activating group) is 1. The third-order valence-electron chi connectivity index (χ3n) is 3.65. The van der Waals surface area contributed by atoms with E-state index in [1.54, 1.807) is 38.4 Å². The Labute approximate surface area is 118 Å². The Kier molecular flexibility index (Phi) is 4.74. The molecule has 1 amide bonds. The number of benzene rings is 1. The van der Waals surface area contributed by atoms with E-state index in [0.717, 1.165) is 19.4 Å². The van der Waals surface area contributed by atoms with Gasteiger partial charge in [0.2, 0.25) is 5.91 Å². The van der Waals surface area contributed by atoms with Crippen LogP contribution in [0.5, 0.6) is 5.75 Å². The highest BCUT2D eigenvalue weighted by Crippen LogP contribution is 2.19. The minimum Gasteiger partial charge on any atom is -0.497 e. The minimum absolute atomic E-state index is 0.0130. The summed E-state index contributed by atoms with van der Waals surface area (Å²) in [7, 11) is 3.20. The molecule has 1 aliphatic heterocycles. The number of methoxy groups -OCH3 is 1. The fourth-order valence-electron chi connectivity index (χ4n) is 2.55. The van der Waals surface area contributed by atoms with Gasteiger partial charge in [0, 0.05) is 12.6 Å². The zero-order chi connectivity index (χ0) is 14.5. The Balaban J connectivity index is 2.05. The monoisotopic (exact) mass is 276 g/mol. The SMILES string of the molecule is CNC(=O)C1CCCN1CC(=O)c1cccc(OC)c1. The van der Waals surface area contributed by atoms with Crippen molar-refractivity contribution in [1.82, 2.24) is 10.2 Å². The van der Waals surface area contributed by atoms with Gasteiger partial charge >= 0.3 is 0 Å². The van der Waals surface area contributed by atoms with E-state index in [0.29, 0.717) is 11.3 Å². The summed E-state index contributed by atoms with van der Waals surface area (Å²) in [6.07, 6.45) is 1.76. The van der Waals surface area contributed by atoms with E-state index in [4.69, 9.17) is 4.74 Å². The second-order valence-electron chi connectivity index (χ2n) is 4.90. The van der Waals surface area contributed by atoms with Crippen LogP contribution in [0.15, 0.2) is 24.3 Å². The number of likely N-dealkylation sites (tertiary alicyclic amines) is 1. The molecule has 1 atom stereocenters. The molecule has 1 fully saturated rings. The summed E-state index contributed by atoms with van der Waals surface area (Å²) < 4.78 is 5.12. The Hall–Kier alpha value is -1.88. The number of hydrogen-bond acceptors (Lipinski definition) is 4. The van der Waals surface area contributed by atoms with Crippen LogP contribution < -0.4 is 10.1 Å². The van der Waals surface area contributed by atoms with Crippen LogP contribution >= 0.6 is 0 Å². The number of nitrogens with one attached hydrogen (secondary N) is 1. The van der Waals surface area contributed by atoms with Crippen LogP contribution in [0.25, 0.3) is 0 Å². The van der Waals surface area contributed by atoms with Gasteiger partial charge in [0.1, 0.15) is 5.75 Å². The average Bonchev–Trinajstić information content (AvgIpc) is 2.94. The van der Waals surface area contributed by atoms with Gasteiger partial charge in [-0.1, -0.05) is 12.1 Å². The summed E-state index contributed by atoms with van der Waals surface area (Å²) in [5.41, 5.74) is 0.618. The summed E-state index contributed by atoms with van der Waals surface area (Å²) in [5.74, 6) is 0.667. The van der Waals surface area contributed by atoms with Crippen LogP contribution in [0.4, 0.5) is 0 Å². The Bertz CT molecular complexity index is 502. The molecule has 0 aliphatic carbocycles. The van der Waals surface area contributed by atoms with Crippen LogP contribution in [-0.4, -0.2) is 49.9 Å². The second-order valence-corrected chi connectivity index (χ2v) is 4.90. The zero-order valence-corrected chi connectivity index (χ0v) is 11.9.